The molecule has 4 rings (SSSR count). The van der Waals surface area contributed by atoms with Gasteiger partial charge in [0.25, 0.3) is 5.56 Å². The van der Waals surface area contributed by atoms with Crippen molar-refractivity contribution in [2.75, 3.05) is 6.61 Å². The van der Waals surface area contributed by atoms with E-state index < -0.39 is 12.6 Å². The summed E-state index contributed by atoms with van der Waals surface area (Å²) in [6.45, 7) is 3.54. The van der Waals surface area contributed by atoms with Crippen LogP contribution in [0, 0.1) is 0 Å². The zero-order chi connectivity index (χ0) is 23.5. The summed E-state index contributed by atoms with van der Waals surface area (Å²) in [5.74, 6) is -0.153. The number of carboxylic acid groups (broad SMARTS) is 1. The van der Waals surface area contributed by atoms with Gasteiger partial charge in [0, 0.05) is 16.0 Å². The summed E-state index contributed by atoms with van der Waals surface area (Å²) in [6.07, 6.45) is 2.32. The molecule has 0 aliphatic carbocycles. The third-order valence-corrected chi connectivity index (χ3v) is 5.96. The lowest BCUT2D eigenvalue weighted by Crippen LogP contribution is -2.23. The van der Waals surface area contributed by atoms with Crippen molar-refractivity contribution in [3.63, 3.8) is 0 Å². The summed E-state index contributed by atoms with van der Waals surface area (Å²) >= 11 is 3.41. The van der Waals surface area contributed by atoms with E-state index in [2.05, 4.69) is 21.0 Å². The van der Waals surface area contributed by atoms with Crippen LogP contribution in [0.15, 0.2) is 69.0 Å². The monoisotopic (exact) mass is 507 g/mol. The largest absolute Gasteiger partial charge is 0.481 e. The third kappa shape index (κ3) is 4.66. The Labute approximate surface area is 198 Å². The molecule has 8 heteroatoms. The van der Waals surface area contributed by atoms with Crippen molar-refractivity contribution in [3.05, 3.63) is 80.8 Å². The van der Waals surface area contributed by atoms with Crippen LogP contribution in [0.3, 0.4) is 0 Å². The smallest absolute Gasteiger partial charge is 0.341 e. The Morgan fingerprint density at radius 1 is 1.21 bits per heavy atom. The topological polar surface area (TPSA) is 93.8 Å². The highest BCUT2D eigenvalue weighted by molar-refractivity contribution is 9.10. The molecule has 7 nitrogen and oxygen atoms in total. The Balaban J connectivity index is 1.92. The van der Waals surface area contributed by atoms with Crippen molar-refractivity contribution in [2.24, 2.45) is 5.10 Å². The molecule has 0 amide bonds. The van der Waals surface area contributed by atoms with E-state index in [0.29, 0.717) is 28.0 Å². The van der Waals surface area contributed by atoms with Gasteiger partial charge >= 0.3 is 5.97 Å². The van der Waals surface area contributed by atoms with E-state index in [-0.39, 0.29) is 11.5 Å². The van der Waals surface area contributed by atoms with Gasteiger partial charge in [0.05, 0.1) is 17.1 Å². The van der Waals surface area contributed by atoms with Gasteiger partial charge in [-0.15, -0.1) is 0 Å². The first-order chi connectivity index (χ1) is 15.9. The predicted octanol–water partition coefficient (Wildman–Crippen LogP) is 5.17. The number of carbonyl (C=O) groups is 1. The SMILES string of the molecule is CC[C@H](C)c1nc2ccc(Br)cc2c(=O)n1N=Cc1c(OCC(=O)O)ccc2ccccc12. The normalized spacial score (nSPS) is 12.5. The summed E-state index contributed by atoms with van der Waals surface area (Å²) in [4.78, 5) is 29.2. The summed E-state index contributed by atoms with van der Waals surface area (Å²) in [5, 5.41) is 15.8. The zero-order valence-electron chi connectivity index (χ0n) is 18.2. The number of hydrogen-bond acceptors (Lipinski definition) is 5. The predicted molar refractivity (Wildman–Crippen MR) is 132 cm³/mol. The summed E-state index contributed by atoms with van der Waals surface area (Å²) < 4.78 is 7.61. The summed E-state index contributed by atoms with van der Waals surface area (Å²) in [7, 11) is 0. The first-order valence-electron chi connectivity index (χ1n) is 10.5. The van der Waals surface area contributed by atoms with Crippen molar-refractivity contribution >= 4 is 49.8 Å². The van der Waals surface area contributed by atoms with Gasteiger partial charge in [-0.05, 0) is 41.5 Å². The maximum atomic E-state index is 13.4. The third-order valence-electron chi connectivity index (χ3n) is 5.47. The molecule has 1 atom stereocenters. The molecule has 1 heterocycles. The first kappa shape index (κ1) is 22.7. The van der Waals surface area contributed by atoms with Crippen LogP contribution in [0.1, 0.15) is 37.6 Å². The second-order valence-electron chi connectivity index (χ2n) is 7.68. The maximum absolute atomic E-state index is 13.4. The number of benzene rings is 3. The second kappa shape index (κ2) is 9.54. The summed E-state index contributed by atoms with van der Waals surface area (Å²) in [6, 6.07) is 16.6. The number of hydrogen-bond donors (Lipinski definition) is 1. The lowest BCUT2D eigenvalue weighted by atomic mass is 10.0. The molecule has 1 N–H and O–H groups in total. The molecule has 3 aromatic carbocycles. The maximum Gasteiger partial charge on any atom is 0.341 e. The molecule has 0 aliphatic rings. The fourth-order valence-electron chi connectivity index (χ4n) is 3.57. The van der Waals surface area contributed by atoms with Crippen molar-refractivity contribution in [1.82, 2.24) is 9.66 Å². The van der Waals surface area contributed by atoms with Crippen LogP contribution in [0.4, 0.5) is 0 Å². The van der Waals surface area contributed by atoms with Crippen LogP contribution in [-0.4, -0.2) is 33.6 Å². The molecule has 0 radical (unpaired) electrons. The quantitative estimate of drug-likeness (QED) is 0.348. The lowest BCUT2D eigenvalue weighted by molar-refractivity contribution is -0.139. The minimum atomic E-state index is -1.08. The lowest BCUT2D eigenvalue weighted by Gasteiger charge is -2.14. The molecular formula is C25H22BrN3O4. The zero-order valence-corrected chi connectivity index (χ0v) is 19.7. The van der Waals surface area contributed by atoms with Gasteiger partial charge in [0.1, 0.15) is 11.6 Å². The van der Waals surface area contributed by atoms with Crippen molar-refractivity contribution in [2.45, 2.75) is 26.2 Å². The van der Waals surface area contributed by atoms with E-state index in [4.69, 9.17) is 14.8 Å². The Bertz CT molecular complexity index is 1450. The van der Waals surface area contributed by atoms with Gasteiger partial charge < -0.3 is 9.84 Å². The van der Waals surface area contributed by atoms with Gasteiger partial charge in [-0.1, -0.05) is 60.1 Å². The van der Waals surface area contributed by atoms with E-state index >= 15 is 0 Å². The second-order valence-corrected chi connectivity index (χ2v) is 8.60. The number of ether oxygens (including phenoxy) is 1. The van der Waals surface area contributed by atoms with E-state index in [1.165, 1.54) is 10.9 Å². The van der Waals surface area contributed by atoms with Gasteiger partial charge in [-0.25, -0.2) is 9.78 Å². The Hall–Kier alpha value is -3.52. The Morgan fingerprint density at radius 2 is 2.00 bits per heavy atom. The molecule has 0 saturated heterocycles. The van der Waals surface area contributed by atoms with Gasteiger partial charge in [-0.3, -0.25) is 4.79 Å². The highest BCUT2D eigenvalue weighted by Gasteiger charge is 2.16. The molecule has 33 heavy (non-hydrogen) atoms. The van der Waals surface area contributed by atoms with Crippen LogP contribution in [0.25, 0.3) is 21.7 Å². The molecule has 0 saturated carbocycles. The molecule has 0 spiro atoms. The first-order valence-corrected chi connectivity index (χ1v) is 11.3. The molecule has 0 fully saturated rings. The fourth-order valence-corrected chi connectivity index (χ4v) is 3.93. The van der Waals surface area contributed by atoms with E-state index in [9.17, 15) is 9.59 Å². The standard InChI is InChI=1S/C25H22BrN3O4/c1-3-15(2)24-28-21-10-9-17(26)12-19(21)25(32)29(24)27-13-20-18-7-5-4-6-16(18)8-11-22(20)33-14-23(30)31/h4-13,15H,3,14H2,1-2H3,(H,30,31)/t15-/m0/s1. The fraction of sp³-hybridized carbons (Fsp3) is 0.200. The minimum absolute atomic E-state index is 0.00172. The Kier molecular flexibility index (Phi) is 6.55. The number of nitrogens with zero attached hydrogens (tertiary/aromatic N) is 3. The summed E-state index contributed by atoms with van der Waals surface area (Å²) in [5.41, 5.74) is 0.923. The molecule has 0 unspecified atom stereocenters. The van der Waals surface area contributed by atoms with Crippen LogP contribution in [0.2, 0.25) is 0 Å². The number of carboxylic acids is 1. The number of fused-ring (bicyclic) bond motifs is 2. The molecule has 1 aromatic heterocycles. The van der Waals surface area contributed by atoms with Crippen molar-refractivity contribution in [1.29, 1.82) is 0 Å². The Morgan fingerprint density at radius 3 is 2.76 bits per heavy atom. The number of aromatic nitrogens is 2. The molecule has 168 valence electrons. The molecule has 4 aromatic rings. The number of rotatable bonds is 7. The van der Waals surface area contributed by atoms with Crippen LogP contribution < -0.4 is 10.3 Å². The van der Waals surface area contributed by atoms with E-state index in [1.807, 2.05) is 56.3 Å². The highest BCUT2D eigenvalue weighted by atomic mass is 79.9. The molecular weight excluding hydrogens is 486 g/mol. The number of aliphatic carboxylic acids is 1. The average molecular weight is 508 g/mol. The number of halogens is 1. The van der Waals surface area contributed by atoms with Gasteiger partial charge in [0.2, 0.25) is 0 Å². The molecule has 0 aliphatic heterocycles. The van der Waals surface area contributed by atoms with Crippen molar-refractivity contribution in [3.8, 4) is 5.75 Å². The highest BCUT2D eigenvalue weighted by Crippen LogP contribution is 2.27. The van der Waals surface area contributed by atoms with Gasteiger partial charge in [0.15, 0.2) is 6.61 Å². The van der Waals surface area contributed by atoms with Crippen molar-refractivity contribution < 1.29 is 14.6 Å². The van der Waals surface area contributed by atoms with E-state index in [1.54, 1.807) is 12.1 Å². The van der Waals surface area contributed by atoms with Crippen LogP contribution >= 0.6 is 15.9 Å². The average Bonchev–Trinajstić information content (AvgIpc) is 2.82. The van der Waals surface area contributed by atoms with Gasteiger partial charge in [-0.2, -0.15) is 9.78 Å². The van der Waals surface area contributed by atoms with Crippen LogP contribution in [-0.2, 0) is 4.79 Å². The minimum Gasteiger partial charge on any atom is -0.481 e. The van der Waals surface area contributed by atoms with Crippen LogP contribution in [0.5, 0.6) is 5.75 Å². The molecule has 0 bridgehead atoms. The van der Waals surface area contributed by atoms with E-state index in [0.717, 1.165) is 21.7 Å².